The van der Waals surface area contributed by atoms with Gasteiger partial charge >= 0.3 is 0 Å². The molecule has 0 aliphatic carbocycles. The van der Waals surface area contributed by atoms with Crippen LogP contribution in [0.5, 0.6) is 0 Å². The Balaban J connectivity index is 2.71. The molecule has 0 saturated heterocycles. The van der Waals surface area contributed by atoms with Gasteiger partial charge in [-0.1, -0.05) is 30.3 Å². The van der Waals surface area contributed by atoms with Gasteiger partial charge in [0.25, 0.3) is 0 Å². The molecule has 0 saturated carbocycles. The van der Waals surface area contributed by atoms with Crippen molar-refractivity contribution in [2.75, 3.05) is 13.2 Å². The van der Waals surface area contributed by atoms with Crippen molar-refractivity contribution >= 4 is 11.8 Å². The van der Waals surface area contributed by atoms with E-state index in [1.54, 1.807) is 6.92 Å². The van der Waals surface area contributed by atoms with E-state index in [0.717, 1.165) is 5.56 Å². The molecule has 1 atom stereocenters. The highest BCUT2D eigenvalue weighted by Crippen LogP contribution is 2.19. The Labute approximate surface area is 106 Å². The van der Waals surface area contributed by atoms with Crippen molar-refractivity contribution in [1.29, 1.82) is 0 Å². The van der Waals surface area contributed by atoms with Crippen molar-refractivity contribution in [2.24, 2.45) is 0 Å². The number of hydrogen-bond acceptors (Lipinski definition) is 3. The van der Waals surface area contributed by atoms with Crippen LogP contribution in [0, 0.1) is 0 Å². The van der Waals surface area contributed by atoms with Crippen molar-refractivity contribution in [3.8, 4) is 0 Å². The molecule has 5 nitrogen and oxygen atoms in total. The Morgan fingerprint density at radius 3 is 2.39 bits per heavy atom. The lowest BCUT2D eigenvalue weighted by molar-refractivity contribution is -0.126. The summed E-state index contributed by atoms with van der Waals surface area (Å²) in [5.41, 5.74) is -0.0414. The van der Waals surface area contributed by atoms with Gasteiger partial charge in [0.1, 0.15) is 0 Å². The molecule has 0 aliphatic heterocycles. The summed E-state index contributed by atoms with van der Waals surface area (Å²) >= 11 is 0. The first-order chi connectivity index (χ1) is 8.48. The van der Waals surface area contributed by atoms with Crippen molar-refractivity contribution in [3.05, 3.63) is 35.9 Å². The van der Waals surface area contributed by atoms with Crippen LogP contribution in [0.4, 0.5) is 0 Å². The predicted molar refractivity (Wildman–Crippen MR) is 67.7 cm³/mol. The van der Waals surface area contributed by atoms with Crippen LogP contribution in [0.2, 0.25) is 0 Å². The van der Waals surface area contributed by atoms with Gasteiger partial charge in [-0.25, -0.2) is 0 Å². The molecule has 0 heterocycles. The van der Waals surface area contributed by atoms with Gasteiger partial charge in [0.15, 0.2) is 0 Å². The lowest BCUT2D eigenvalue weighted by atomic mass is 9.93. The van der Waals surface area contributed by atoms with Gasteiger partial charge in [0.2, 0.25) is 11.8 Å². The molecule has 3 N–H and O–H groups in total. The average Bonchev–Trinajstić information content (AvgIpc) is 2.37. The Kier molecular flexibility index (Phi) is 4.85. The van der Waals surface area contributed by atoms with Crippen molar-refractivity contribution < 1.29 is 14.7 Å². The fraction of sp³-hybridized carbons (Fsp3) is 0.385. The van der Waals surface area contributed by atoms with Crippen LogP contribution in [0.15, 0.2) is 30.3 Å². The number of aliphatic hydroxyl groups is 1. The quantitative estimate of drug-likeness (QED) is 0.696. The summed E-state index contributed by atoms with van der Waals surface area (Å²) in [7, 11) is 0. The molecule has 98 valence electrons. The van der Waals surface area contributed by atoms with Crippen LogP contribution in [-0.4, -0.2) is 30.1 Å². The van der Waals surface area contributed by atoms with Crippen LogP contribution < -0.4 is 10.6 Å². The number of hydrogen-bond donors (Lipinski definition) is 3. The van der Waals surface area contributed by atoms with Crippen molar-refractivity contribution in [2.45, 2.75) is 19.4 Å². The van der Waals surface area contributed by atoms with Gasteiger partial charge in [-0.15, -0.1) is 0 Å². The Hall–Kier alpha value is -1.88. The van der Waals surface area contributed by atoms with Crippen LogP contribution in [0.1, 0.15) is 19.4 Å². The van der Waals surface area contributed by atoms with E-state index in [4.69, 9.17) is 0 Å². The fourth-order valence-corrected chi connectivity index (χ4v) is 1.57. The van der Waals surface area contributed by atoms with Crippen LogP contribution >= 0.6 is 0 Å². The van der Waals surface area contributed by atoms with E-state index < -0.39 is 5.54 Å². The van der Waals surface area contributed by atoms with Crippen molar-refractivity contribution in [3.63, 3.8) is 0 Å². The maximum atomic E-state index is 11.7. The largest absolute Gasteiger partial charge is 0.394 e. The summed E-state index contributed by atoms with van der Waals surface area (Å²) in [6, 6.07) is 9.19. The Bertz CT molecular complexity index is 420. The molecular formula is C13H18N2O3. The van der Waals surface area contributed by atoms with Gasteiger partial charge in [-0.3, -0.25) is 9.59 Å². The van der Waals surface area contributed by atoms with Gasteiger partial charge < -0.3 is 15.7 Å². The summed E-state index contributed by atoms with van der Waals surface area (Å²) in [5.74, 6) is -0.610. The number of rotatable bonds is 5. The Morgan fingerprint density at radius 2 is 1.89 bits per heavy atom. The number of amides is 2. The smallest absolute Gasteiger partial charge is 0.240 e. The van der Waals surface area contributed by atoms with Crippen molar-refractivity contribution in [1.82, 2.24) is 10.6 Å². The minimum atomic E-state index is -0.850. The maximum absolute atomic E-state index is 11.7. The van der Waals surface area contributed by atoms with Gasteiger partial charge in [-0.05, 0) is 12.5 Å². The lowest BCUT2D eigenvalue weighted by Crippen LogP contribution is -2.49. The molecule has 1 aromatic carbocycles. The highest BCUT2D eigenvalue weighted by molar-refractivity contribution is 5.84. The van der Waals surface area contributed by atoms with Gasteiger partial charge in [0.05, 0.1) is 18.7 Å². The van der Waals surface area contributed by atoms with E-state index in [9.17, 15) is 14.7 Å². The molecule has 1 aromatic rings. The molecule has 5 heteroatoms. The third kappa shape index (κ3) is 3.85. The first kappa shape index (κ1) is 14.2. The first-order valence-electron chi connectivity index (χ1n) is 5.70. The fourth-order valence-electron chi connectivity index (χ4n) is 1.57. The van der Waals surface area contributed by atoms with Crippen LogP contribution in [-0.2, 0) is 15.1 Å². The minimum absolute atomic E-state index is 0.0994. The molecule has 0 aromatic heterocycles. The van der Waals surface area contributed by atoms with Gasteiger partial charge in [0, 0.05) is 6.92 Å². The van der Waals surface area contributed by atoms with E-state index in [1.807, 2.05) is 30.3 Å². The summed E-state index contributed by atoms with van der Waals surface area (Å²) in [5, 5.41) is 14.6. The second kappa shape index (κ2) is 6.16. The first-order valence-corrected chi connectivity index (χ1v) is 5.70. The molecule has 0 radical (unpaired) electrons. The van der Waals surface area contributed by atoms with E-state index in [2.05, 4.69) is 10.6 Å². The Morgan fingerprint density at radius 1 is 1.28 bits per heavy atom. The molecular weight excluding hydrogens is 232 g/mol. The molecule has 0 aliphatic rings. The molecule has 0 bridgehead atoms. The summed E-state index contributed by atoms with van der Waals surface area (Å²) < 4.78 is 0. The minimum Gasteiger partial charge on any atom is -0.394 e. The van der Waals surface area contributed by atoms with Crippen LogP contribution in [0.25, 0.3) is 0 Å². The number of carbonyl (C=O) groups excluding carboxylic acids is 2. The third-order valence-electron chi connectivity index (χ3n) is 2.64. The maximum Gasteiger partial charge on any atom is 0.240 e. The van der Waals surface area contributed by atoms with E-state index in [-0.39, 0.29) is 25.0 Å². The highest BCUT2D eigenvalue weighted by atomic mass is 16.3. The summed E-state index contributed by atoms with van der Waals surface area (Å²) in [6.45, 7) is 2.75. The van der Waals surface area contributed by atoms with Crippen LogP contribution in [0.3, 0.4) is 0 Å². The molecule has 2 amide bonds. The summed E-state index contributed by atoms with van der Waals surface area (Å²) in [4.78, 5) is 22.4. The average molecular weight is 250 g/mol. The topological polar surface area (TPSA) is 78.4 Å². The SMILES string of the molecule is CC(=O)NCC(=O)NC(C)(CO)c1ccccc1. The molecule has 1 unspecified atom stereocenters. The molecule has 1 rings (SSSR count). The second-order valence-corrected chi connectivity index (χ2v) is 4.31. The molecule has 0 fully saturated rings. The third-order valence-corrected chi connectivity index (χ3v) is 2.64. The number of aliphatic hydroxyl groups excluding tert-OH is 1. The number of carbonyl (C=O) groups is 2. The van der Waals surface area contributed by atoms with E-state index in [1.165, 1.54) is 6.92 Å². The van der Waals surface area contributed by atoms with Gasteiger partial charge in [-0.2, -0.15) is 0 Å². The predicted octanol–water partition coefficient (Wildman–Crippen LogP) is 0.146. The zero-order chi connectivity index (χ0) is 13.6. The zero-order valence-electron chi connectivity index (χ0n) is 10.6. The highest BCUT2D eigenvalue weighted by Gasteiger charge is 2.27. The monoisotopic (exact) mass is 250 g/mol. The number of benzene rings is 1. The normalized spacial score (nSPS) is 13.5. The van der Waals surface area contributed by atoms with E-state index in [0.29, 0.717) is 0 Å². The standard InChI is InChI=1S/C13H18N2O3/c1-10(17)14-8-12(18)15-13(2,9-16)11-6-4-3-5-7-11/h3-7,16H,8-9H2,1-2H3,(H,14,17)(H,15,18). The zero-order valence-corrected chi connectivity index (χ0v) is 10.6. The molecule has 18 heavy (non-hydrogen) atoms. The summed E-state index contributed by atoms with van der Waals surface area (Å²) in [6.07, 6.45) is 0. The molecule has 0 spiro atoms. The second-order valence-electron chi connectivity index (χ2n) is 4.31. The van der Waals surface area contributed by atoms with E-state index >= 15 is 0 Å². The lowest BCUT2D eigenvalue weighted by Gasteiger charge is -2.29. The number of nitrogens with one attached hydrogen (secondary N) is 2.